The summed E-state index contributed by atoms with van der Waals surface area (Å²) in [5.74, 6) is 1.38. The Labute approximate surface area is 148 Å². The average molecular weight is 347 g/mol. The Morgan fingerprint density at radius 1 is 1.21 bits per heavy atom. The first-order valence-corrected chi connectivity index (χ1v) is 9.76. The van der Waals surface area contributed by atoms with Crippen LogP contribution in [-0.2, 0) is 4.79 Å². The minimum Gasteiger partial charge on any atom is -0.375 e. The molecule has 2 aliphatic rings. The predicted octanol–water partition coefficient (Wildman–Crippen LogP) is 2.28. The Bertz CT molecular complexity index is 599. The van der Waals surface area contributed by atoms with Crippen molar-refractivity contribution in [2.75, 3.05) is 43.2 Å². The van der Waals surface area contributed by atoms with Crippen LogP contribution >= 0.6 is 11.8 Å². The molecule has 0 spiro atoms. The van der Waals surface area contributed by atoms with Crippen molar-refractivity contribution in [3.63, 3.8) is 0 Å². The van der Waals surface area contributed by atoms with Crippen molar-refractivity contribution >= 4 is 29.3 Å². The molecule has 0 radical (unpaired) electrons. The maximum Gasteiger partial charge on any atom is 0.255 e. The monoisotopic (exact) mass is 347 g/mol. The second-order valence-electron chi connectivity index (χ2n) is 6.38. The molecule has 3 rings (SSSR count). The first-order valence-electron chi connectivity index (χ1n) is 8.60. The van der Waals surface area contributed by atoms with E-state index < -0.39 is 0 Å². The Morgan fingerprint density at radius 2 is 1.88 bits per heavy atom. The van der Waals surface area contributed by atoms with Crippen molar-refractivity contribution in [2.24, 2.45) is 0 Å². The lowest BCUT2D eigenvalue weighted by Crippen LogP contribution is -2.48. The Hall–Kier alpha value is -1.69. The van der Waals surface area contributed by atoms with Gasteiger partial charge in [-0.1, -0.05) is 0 Å². The highest BCUT2D eigenvalue weighted by atomic mass is 32.2. The van der Waals surface area contributed by atoms with Gasteiger partial charge in [0.2, 0.25) is 5.91 Å². The summed E-state index contributed by atoms with van der Waals surface area (Å²) < 4.78 is 0. The molecular weight excluding hydrogens is 322 g/mol. The second kappa shape index (κ2) is 7.47. The predicted molar refractivity (Wildman–Crippen MR) is 98.5 cm³/mol. The zero-order chi connectivity index (χ0) is 17.1. The van der Waals surface area contributed by atoms with Crippen molar-refractivity contribution in [2.45, 2.75) is 25.8 Å². The summed E-state index contributed by atoms with van der Waals surface area (Å²) in [6.45, 7) is 4.68. The highest BCUT2D eigenvalue weighted by Gasteiger charge is 2.37. The molecule has 0 bridgehead atoms. The molecule has 6 heteroatoms. The number of anilines is 1. The van der Waals surface area contributed by atoms with E-state index in [0.29, 0.717) is 17.2 Å². The highest BCUT2D eigenvalue weighted by molar-refractivity contribution is 7.99. The lowest BCUT2D eigenvalue weighted by molar-refractivity contribution is -0.133. The number of carbonyl (C=O) groups excluding carboxylic acids is 2. The van der Waals surface area contributed by atoms with Gasteiger partial charge in [-0.25, -0.2) is 0 Å². The van der Waals surface area contributed by atoms with E-state index in [1.807, 2.05) is 36.2 Å². The topological polar surface area (TPSA) is 43.9 Å². The normalized spacial score (nSPS) is 20.5. The zero-order valence-electron chi connectivity index (χ0n) is 14.4. The molecule has 5 nitrogen and oxygen atoms in total. The molecule has 0 N–H and O–H groups in total. The van der Waals surface area contributed by atoms with Crippen molar-refractivity contribution in [3.8, 4) is 0 Å². The van der Waals surface area contributed by atoms with E-state index >= 15 is 0 Å². The molecule has 0 aliphatic carbocycles. The summed E-state index contributed by atoms with van der Waals surface area (Å²) in [5, 5.41) is 0. The van der Waals surface area contributed by atoms with E-state index in [1.165, 1.54) is 0 Å². The van der Waals surface area contributed by atoms with Gasteiger partial charge in [0.1, 0.15) is 6.04 Å². The Kier molecular flexibility index (Phi) is 5.33. The first kappa shape index (κ1) is 17.1. The number of hydrogen-bond acceptors (Lipinski definition) is 4. The lowest BCUT2D eigenvalue weighted by atomic mass is 10.1. The summed E-state index contributed by atoms with van der Waals surface area (Å²) in [6.07, 6.45) is 2.15. The zero-order valence-corrected chi connectivity index (χ0v) is 15.2. The van der Waals surface area contributed by atoms with Crippen molar-refractivity contribution in [3.05, 3.63) is 29.8 Å². The smallest absolute Gasteiger partial charge is 0.255 e. The molecule has 2 saturated heterocycles. The third kappa shape index (κ3) is 3.38. The van der Waals surface area contributed by atoms with Crippen LogP contribution in [0, 0.1) is 0 Å². The van der Waals surface area contributed by atoms with Crippen LogP contribution in [0.15, 0.2) is 24.3 Å². The van der Waals surface area contributed by atoms with E-state index in [9.17, 15) is 9.59 Å². The van der Waals surface area contributed by atoms with Crippen LogP contribution in [-0.4, -0.2) is 66.0 Å². The third-order valence-electron chi connectivity index (χ3n) is 4.88. The van der Waals surface area contributed by atoms with E-state index in [-0.39, 0.29) is 17.9 Å². The van der Waals surface area contributed by atoms with Gasteiger partial charge in [-0.15, -0.1) is 11.8 Å². The lowest BCUT2D eigenvalue weighted by Gasteiger charge is -2.27. The largest absolute Gasteiger partial charge is 0.375 e. The minimum atomic E-state index is -0.307. The highest BCUT2D eigenvalue weighted by Crippen LogP contribution is 2.26. The molecule has 1 aromatic rings. The standard InChI is InChI=1S/C18H25N3O2S/c1-3-19(2)15-8-6-14(7-9-15)17(22)21-13-24-12-16(21)18(23)20-10-4-5-11-20/h6-9,16H,3-5,10-13H2,1-2H3. The van der Waals surface area contributed by atoms with Crippen LogP contribution in [0.3, 0.4) is 0 Å². The maximum absolute atomic E-state index is 12.9. The molecule has 2 aliphatic heterocycles. The Balaban J connectivity index is 1.72. The van der Waals surface area contributed by atoms with Crippen LogP contribution < -0.4 is 4.90 Å². The van der Waals surface area contributed by atoms with Crippen molar-refractivity contribution < 1.29 is 9.59 Å². The van der Waals surface area contributed by atoms with Gasteiger partial charge in [0, 0.05) is 43.7 Å². The third-order valence-corrected chi connectivity index (χ3v) is 5.89. The molecule has 24 heavy (non-hydrogen) atoms. The minimum absolute atomic E-state index is 0.0387. The molecule has 0 saturated carbocycles. The fourth-order valence-electron chi connectivity index (χ4n) is 3.20. The van der Waals surface area contributed by atoms with E-state index in [4.69, 9.17) is 0 Å². The van der Waals surface area contributed by atoms with Crippen LogP contribution in [0.1, 0.15) is 30.1 Å². The van der Waals surface area contributed by atoms with Gasteiger partial charge in [-0.3, -0.25) is 9.59 Å². The van der Waals surface area contributed by atoms with E-state index in [2.05, 4.69) is 11.8 Å². The van der Waals surface area contributed by atoms with Gasteiger partial charge >= 0.3 is 0 Å². The Morgan fingerprint density at radius 3 is 2.50 bits per heavy atom. The molecule has 130 valence electrons. The molecule has 1 aromatic carbocycles. The van der Waals surface area contributed by atoms with Gasteiger partial charge in [-0.2, -0.15) is 0 Å². The first-order chi connectivity index (χ1) is 11.6. The molecular formula is C18H25N3O2S. The second-order valence-corrected chi connectivity index (χ2v) is 7.38. The summed E-state index contributed by atoms with van der Waals surface area (Å²) in [7, 11) is 2.03. The van der Waals surface area contributed by atoms with Crippen LogP contribution in [0.25, 0.3) is 0 Å². The number of amides is 2. The van der Waals surface area contributed by atoms with Gasteiger partial charge in [0.15, 0.2) is 0 Å². The quantitative estimate of drug-likeness (QED) is 0.838. The summed E-state index contributed by atoms with van der Waals surface area (Å²) in [5.41, 5.74) is 1.75. The number of nitrogens with zero attached hydrogens (tertiary/aromatic N) is 3. The summed E-state index contributed by atoms with van der Waals surface area (Å²) in [4.78, 5) is 31.3. The van der Waals surface area contributed by atoms with Gasteiger partial charge in [0.25, 0.3) is 5.91 Å². The molecule has 0 aromatic heterocycles. The molecule has 2 fully saturated rings. The number of carbonyl (C=O) groups is 2. The fourth-order valence-corrected chi connectivity index (χ4v) is 4.35. The maximum atomic E-state index is 12.9. The number of thioether (sulfide) groups is 1. The molecule has 1 atom stereocenters. The van der Waals surface area contributed by atoms with Crippen LogP contribution in [0.2, 0.25) is 0 Å². The number of rotatable bonds is 4. The van der Waals surface area contributed by atoms with E-state index in [0.717, 1.165) is 38.2 Å². The van der Waals surface area contributed by atoms with E-state index in [1.54, 1.807) is 16.7 Å². The summed E-state index contributed by atoms with van der Waals surface area (Å²) >= 11 is 1.66. The van der Waals surface area contributed by atoms with Gasteiger partial charge < -0.3 is 14.7 Å². The SMILES string of the molecule is CCN(C)c1ccc(C(=O)N2CSCC2C(=O)N2CCCC2)cc1. The van der Waals surface area contributed by atoms with Crippen molar-refractivity contribution in [1.29, 1.82) is 0 Å². The van der Waals surface area contributed by atoms with Crippen LogP contribution in [0.4, 0.5) is 5.69 Å². The van der Waals surface area contributed by atoms with Gasteiger partial charge in [0.05, 0.1) is 5.88 Å². The average Bonchev–Trinajstić information content (AvgIpc) is 3.31. The number of benzene rings is 1. The van der Waals surface area contributed by atoms with Crippen molar-refractivity contribution in [1.82, 2.24) is 9.80 Å². The molecule has 2 amide bonds. The van der Waals surface area contributed by atoms with Gasteiger partial charge in [-0.05, 0) is 44.0 Å². The molecule has 2 heterocycles. The number of hydrogen-bond donors (Lipinski definition) is 0. The van der Waals surface area contributed by atoms with Crippen LogP contribution in [0.5, 0.6) is 0 Å². The summed E-state index contributed by atoms with van der Waals surface area (Å²) in [6, 6.07) is 7.36. The molecule has 1 unspecified atom stereocenters. The fraction of sp³-hybridized carbons (Fsp3) is 0.556. The number of likely N-dealkylation sites (tertiary alicyclic amines) is 1.